The summed E-state index contributed by atoms with van der Waals surface area (Å²) in [4.78, 5) is 11.5. The van der Waals surface area contributed by atoms with Gasteiger partial charge in [-0.3, -0.25) is 4.79 Å². The third kappa shape index (κ3) is 1.35. The molecule has 0 saturated carbocycles. The molecular formula is C12H11NO. The number of hydrogen-bond donors (Lipinski definition) is 1. The van der Waals surface area contributed by atoms with Crippen LogP contribution in [-0.2, 0) is 4.79 Å². The predicted octanol–water partition coefficient (Wildman–Crippen LogP) is 2.60. The molecule has 1 aromatic carbocycles. The van der Waals surface area contributed by atoms with Crippen molar-refractivity contribution in [2.45, 2.75) is 6.92 Å². The highest BCUT2D eigenvalue weighted by atomic mass is 16.1. The molecule has 0 saturated heterocycles. The van der Waals surface area contributed by atoms with Crippen LogP contribution in [0.5, 0.6) is 0 Å². The fraction of sp³-hybridized carbons (Fsp3) is 0.0833. The molecule has 0 aliphatic carbocycles. The van der Waals surface area contributed by atoms with Crippen molar-refractivity contribution in [3.8, 4) is 0 Å². The summed E-state index contributed by atoms with van der Waals surface area (Å²) in [6.45, 7) is 5.65. The third-order valence-corrected chi connectivity index (χ3v) is 2.10. The molecule has 1 heterocycles. The van der Waals surface area contributed by atoms with Crippen LogP contribution in [0.1, 0.15) is 12.5 Å². The molecule has 0 aromatic heterocycles. The first-order valence-electron chi connectivity index (χ1n) is 4.46. The normalized spacial score (nSPS) is 16.6. The molecule has 2 nitrogen and oxygen atoms in total. The lowest BCUT2D eigenvalue weighted by atomic mass is 10.1. The molecule has 70 valence electrons. The number of para-hydroxylation sites is 1. The van der Waals surface area contributed by atoms with Gasteiger partial charge in [0.2, 0.25) is 0 Å². The number of carbonyl (C=O) groups excluding carboxylic acids is 1. The first-order valence-corrected chi connectivity index (χ1v) is 4.46. The second-order valence-electron chi connectivity index (χ2n) is 3.40. The van der Waals surface area contributed by atoms with E-state index in [1.54, 1.807) is 6.08 Å². The monoisotopic (exact) mass is 185 g/mol. The Hall–Kier alpha value is -1.83. The van der Waals surface area contributed by atoms with Gasteiger partial charge in [-0.15, -0.1) is 0 Å². The smallest absolute Gasteiger partial charge is 0.256 e. The van der Waals surface area contributed by atoms with Gasteiger partial charge in [0.15, 0.2) is 0 Å². The van der Waals surface area contributed by atoms with E-state index in [1.807, 2.05) is 31.2 Å². The SMILES string of the molecule is C=C(C)/C=C1/C(=O)Nc2ccccc21. The van der Waals surface area contributed by atoms with Crippen LogP contribution >= 0.6 is 0 Å². The van der Waals surface area contributed by atoms with Crippen LogP contribution in [0.4, 0.5) is 5.69 Å². The molecule has 0 fully saturated rings. The van der Waals surface area contributed by atoms with E-state index < -0.39 is 0 Å². The standard InChI is InChI=1S/C12H11NO/c1-8(2)7-10-9-5-3-4-6-11(9)13-12(10)14/h3-7H,1H2,2H3,(H,13,14)/b10-7+. The lowest BCUT2D eigenvalue weighted by Crippen LogP contribution is -2.03. The Labute approximate surface area is 82.9 Å². The summed E-state index contributed by atoms with van der Waals surface area (Å²) in [5.74, 6) is -0.0470. The highest BCUT2D eigenvalue weighted by molar-refractivity contribution is 6.31. The average molecular weight is 185 g/mol. The van der Waals surface area contributed by atoms with Crippen molar-refractivity contribution in [3.63, 3.8) is 0 Å². The number of hydrogen-bond acceptors (Lipinski definition) is 1. The number of carbonyl (C=O) groups is 1. The number of amides is 1. The lowest BCUT2D eigenvalue weighted by Gasteiger charge is -1.96. The minimum absolute atomic E-state index is 0.0470. The van der Waals surface area contributed by atoms with Gasteiger partial charge in [-0.25, -0.2) is 0 Å². The van der Waals surface area contributed by atoms with Crippen LogP contribution in [0.3, 0.4) is 0 Å². The summed E-state index contributed by atoms with van der Waals surface area (Å²) < 4.78 is 0. The van der Waals surface area contributed by atoms with Crippen molar-refractivity contribution in [1.29, 1.82) is 0 Å². The summed E-state index contributed by atoms with van der Waals surface area (Å²) in [7, 11) is 0. The van der Waals surface area contributed by atoms with Crippen molar-refractivity contribution < 1.29 is 4.79 Å². The summed E-state index contributed by atoms with van der Waals surface area (Å²) in [5, 5.41) is 2.80. The number of anilines is 1. The molecule has 0 bridgehead atoms. The number of fused-ring (bicyclic) bond motifs is 1. The molecule has 2 heteroatoms. The molecule has 0 radical (unpaired) electrons. The molecule has 1 aromatic rings. The van der Waals surface area contributed by atoms with E-state index in [4.69, 9.17) is 0 Å². The van der Waals surface area contributed by atoms with E-state index >= 15 is 0 Å². The van der Waals surface area contributed by atoms with Crippen molar-refractivity contribution in [2.24, 2.45) is 0 Å². The molecule has 14 heavy (non-hydrogen) atoms. The Morgan fingerprint density at radius 3 is 2.86 bits per heavy atom. The van der Waals surface area contributed by atoms with Crippen LogP contribution in [-0.4, -0.2) is 5.91 Å². The number of benzene rings is 1. The number of rotatable bonds is 1. The quantitative estimate of drug-likeness (QED) is 0.669. The fourth-order valence-electron chi connectivity index (χ4n) is 1.53. The van der Waals surface area contributed by atoms with Crippen molar-refractivity contribution >= 4 is 17.2 Å². The molecule has 1 aliphatic rings. The Morgan fingerprint density at radius 2 is 2.14 bits per heavy atom. The highest BCUT2D eigenvalue weighted by Crippen LogP contribution is 2.31. The van der Waals surface area contributed by atoms with Gasteiger partial charge in [-0.05, 0) is 19.1 Å². The van der Waals surface area contributed by atoms with Crippen LogP contribution < -0.4 is 5.32 Å². The summed E-state index contributed by atoms with van der Waals surface area (Å²) in [6, 6.07) is 7.66. The number of allylic oxidation sites excluding steroid dienone is 2. The van der Waals surface area contributed by atoms with Crippen LogP contribution in [0.25, 0.3) is 5.57 Å². The topological polar surface area (TPSA) is 29.1 Å². The zero-order chi connectivity index (χ0) is 10.1. The van der Waals surface area contributed by atoms with E-state index in [9.17, 15) is 4.79 Å². The Bertz CT molecular complexity index is 443. The third-order valence-electron chi connectivity index (χ3n) is 2.10. The maximum absolute atomic E-state index is 11.5. The molecule has 0 atom stereocenters. The van der Waals surface area contributed by atoms with Gasteiger partial charge in [-0.1, -0.05) is 30.4 Å². The minimum Gasteiger partial charge on any atom is -0.321 e. The van der Waals surface area contributed by atoms with E-state index in [2.05, 4.69) is 11.9 Å². The molecular weight excluding hydrogens is 174 g/mol. The lowest BCUT2D eigenvalue weighted by molar-refractivity contribution is -0.110. The largest absolute Gasteiger partial charge is 0.321 e. The van der Waals surface area contributed by atoms with E-state index in [0.29, 0.717) is 5.57 Å². The minimum atomic E-state index is -0.0470. The Morgan fingerprint density at radius 1 is 1.43 bits per heavy atom. The van der Waals surface area contributed by atoms with Gasteiger partial charge in [0.1, 0.15) is 0 Å². The molecule has 1 N–H and O–H groups in total. The van der Waals surface area contributed by atoms with Crippen LogP contribution in [0, 0.1) is 0 Å². The maximum atomic E-state index is 11.5. The van der Waals surface area contributed by atoms with E-state index in [-0.39, 0.29) is 5.91 Å². The van der Waals surface area contributed by atoms with Gasteiger partial charge < -0.3 is 5.32 Å². The van der Waals surface area contributed by atoms with Gasteiger partial charge >= 0.3 is 0 Å². The van der Waals surface area contributed by atoms with E-state index in [1.165, 1.54) is 0 Å². The predicted molar refractivity (Wildman–Crippen MR) is 57.9 cm³/mol. The molecule has 0 unspecified atom stereocenters. The summed E-state index contributed by atoms with van der Waals surface area (Å²) in [5.41, 5.74) is 3.42. The van der Waals surface area contributed by atoms with Gasteiger partial charge in [0, 0.05) is 16.8 Å². The second kappa shape index (κ2) is 3.14. The van der Waals surface area contributed by atoms with Gasteiger partial charge in [0.25, 0.3) is 5.91 Å². The van der Waals surface area contributed by atoms with E-state index in [0.717, 1.165) is 16.8 Å². The van der Waals surface area contributed by atoms with Gasteiger partial charge in [-0.2, -0.15) is 0 Å². The van der Waals surface area contributed by atoms with Crippen LogP contribution in [0.2, 0.25) is 0 Å². The zero-order valence-electron chi connectivity index (χ0n) is 8.00. The number of nitrogens with one attached hydrogen (secondary N) is 1. The van der Waals surface area contributed by atoms with Crippen molar-refractivity contribution in [3.05, 3.63) is 48.1 Å². The summed E-state index contributed by atoms with van der Waals surface area (Å²) >= 11 is 0. The molecule has 1 amide bonds. The summed E-state index contributed by atoms with van der Waals surface area (Å²) in [6.07, 6.45) is 1.81. The van der Waals surface area contributed by atoms with Crippen molar-refractivity contribution in [1.82, 2.24) is 0 Å². The van der Waals surface area contributed by atoms with Crippen LogP contribution in [0.15, 0.2) is 42.5 Å². The molecule has 2 rings (SSSR count). The Balaban J connectivity index is 2.55. The van der Waals surface area contributed by atoms with Crippen molar-refractivity contribution in [2.75, 3.05) is 5.32 Å². The first kappa shape index (κ1) is 8.75. The Kier molecular flexibility index (Phi) is 1.97. The second-order valence-corrected chi connectivity index (χ2v) is 3.40. The average Bonchev–Trinajstić information content (AvgIpc) is 2.43. The fourth-order valence-corrected chi connectivity index (χ4v) is 1.53. The van der Waals surface area contributed by atoms with Gasteiger partial charge in [0.05, 0.1) is 0 Å². The molecule has 0 spiro atoms. The molecule has 1 aliphatic heterocycles. The highest BCUT2D eigenvalue weighted by Gasteiger charge is 2.22. The first-order chi connectivity index (χ1) is 6.68. The zero-order valence-corrected chi connectivity index (χ0v) is 8.00. The maximum Gasteiger partial charge on any atom is 0.256 e.